The van der Waals surface area contributed by atoms with Gasteiger partial charge in [-0.25, -0.2) is 0 Å². The van der Waals surface area contributed by atoms with Crippen molar-refractivity contribution in [1.82, 2.24) is 5.32 Å². The van der Waals surface area contributed by atoms with Crippen molar-refractivity contribution in [2.24, 2.45) is 5.92 Å². The van der Waals surface area contributed by atoms with Gasteiger partial charge in [0.05, 0.1) is 12.6 Å². The molecule has 1 rings (SSSR count). The van der Waals surface area contributed by atoms with Crippen molar-refractivity contribution in [1.29, 1.82) is 0 Å². The van der Waals surface area contributed by atoms with Gasteiger partial charge in [0.1, 0.15) is 0 Å². The number of nitrogens with one attached hydrogen (secondary N) is 1. The van der Waals surface area contributed by atoms with Crippen molar-refractivity contribution >= 4 is 0 Å². The molecule has 1 atom stereocenters. The van der Waals surface area contributed by atoms with E-state index in [-0.39, 0.29) is 0 Å². The Hall–Kier alpha value is -0.860. The molecule has 1 unspecified atom stereocenters. The van der Waals surface area contributed by atoms with Crippen molar-refractivity contribution in [2.75, 3.05) is 19.8 Å². The summed E-state index contributed by atoms with van der Waals surface area (Å²) >= 11 is 0. The number of hydrogen-bond acceptors (Lipinski definition) is 2. The number of hydrogen-bond donors (Lipinski definition) is 1. The van der Waals surface area contributed by atoms with Crippen LogP contribution in [0.5, 0.6) is 0 Å². The molecule has 2 nitrogen and oxygen atoms in total. The second-order valence-electron chi connectivity index (χ2n) is 4.95. The van der Waals surface area contributed by atoms with Gasteiger partial charge in [-0.1, -0.05) is 50.6 Å². The van der Waals surface area contributed by atoms with E-state index >= 15 is 0 Å². The highest BCUT2D eigenvalue weighted by Gasteiger charge is 2.10. The van der Waals surface area contributed by atoms with Crippen LogP contribution in [-0.2, 0) is 4.74 Å². The van der Waals surface area contributed by atoms with E-state index in [4.69, 9.17) is 4.74 Å². The molecule has 0 amide bonds. The second kappa shape index (κ2) is 7.46. The monoisotopic (exact) mass is 235 g/mol. The Morgan fingerprint density at radius 3 is 2.29 bits per heavy atom. The lowest BCUT2D eigenvalue weighted by molar-refractivity contribution is 0.0905. The summed E-state index contributed by atoms with van der Waals surface area (Å²) in [4.78, 5) is 0. The molecule has 0 fully saturated rings. The maximum Gasteiger partial charge on any atom is 0.0661 e. The van der Waals surface area contributed by atoms with Gasteiger partial charge >= 0.3 is 0 Å². The minimum atomic E-state index is 0.305. The lowest BCUT2D eigenvalue weighted by Crippen LogP contribution is -2.26. The summed E-state index contributed by atoms with van der Waals surface area (Å²) in [5, 5.41) is 3.47. The van der Waals surface area contributed by atoms with E-state index in [1.807, 2.05) is 0 Å². The van der Waals surface area contributed by atoms with Gasteiger partial charge in [-0.3, -0.25) is 0 Å². The lowest BCUT2D eigenvalue weighted by Gasteiger charge is -2.19. The van der Waals surface area contributed by atoms with Crippen molar-refractivity contribution < 1.29 is 4.74 Å². The zero-order valence-electron chi connectivity index (χ0n) is 11.5. The predicted molar refractivity (Wildman–Crippen MR) is 73.3 cm³/mol. The Morgan fingerprint density at radius 2 is 1.76 bits per heavy atom. The highest BCUT2D eigenvalue weighted by atomic mass is 16.5. The topological polar surface area (TPSA) is 21.3 Å². The first-order chi connectivity index (χ1) is 8.13. The minimum Gasteiger partial charge on any atom is -0.379 e. The Kier molecular flexibility index (Phi) is 6.23. The minimum absolute atomic E-state index is 0.305. The summed E-state index contributed by atoms with van der Waals surface area (Å²) in [6, 6.07) is 8.98. The van der Waals surface area contributed by atoms with Crippen LogP contribution in [0.25, 0.3) is 0 Å². The standard InChI is InChI=1S/C15H25NO/c1-5-16-15(11-17-10-12(2)3)14-8-6-13(4)7-9-14/h6-9,12,15-16H,5,10-11H2,1-4H3. The van der Waals surface area contributed by atoms with E-state index in [1.165, 1.54) is 11.1 Å². The number of rotatable bonds is 7. The fraction of sp³-hybridized carbons (Fsp3) is 0.600. The molecule has 0 saturated heterocycles. The van der Waals surface area contributed by atoms with Gasteiger partial charge in [0.25, 0.3) is 0 Å². The van der Waals surface area contributed by atoms with Crippen LogP contribution >= 0.6 is 0 Å². The smallest absolute Gasteiger partial charge is 0.0661 e. The van der Waals surface area contributed by atoms with Crippen molar-refractivity contribution in [2.45, 2.75) is 33.7 Å². The van der Waals surface area contributed by atoms with Gasteiger partial charge in [-0.2, -0.15) is 0 Å². The molecule has 0 aromatic heterocycles. The van der Waals surface area contributed by atoms with E-state index in [1.54, 1.807) is 0 Å². The highest BCUT2D eigenvalue weighted by Crippen LogP contribution is 2.14. The normalized spacial score (nSPS) is 13.0. The van der Waals surface area contributed by atoms with Crippen LogP contribution in [0.15, 0.2) is 24.3 Å². The largest absolute Gasteiger partial charge is 0.379 e. The third-order valence-corrected chi connectivity index (χ3v) is 2.67. The summed E-state index contributed by atoms with van der Waals surface area (Å²) in [6.07, 6.45) is 0. The molecule has 1 aromatic rings. The molecule has 0 aliphatic carbocycles. The number of benzene rings is 1. The van der Waals surface area contributed by atoms with Gasteiger partial charge in [-0.15, -0.1) is 0 Å². The Balaban J connectivity index is 2.55. The molecular weight excluding hydrogens is 210 g/mol. The lowest BCUT2D eigenvalue weighted by atomic mass is 10.1. The molecule has 0 aliphatic rings. The Morgan fingerprint density at radius 1 is 1.12 bits per heavy atom. The fourth-order valence-corrected chi connectivity index (χ4v) is 1.74. The summed E-state index contributed by atoms with van der Waals surface area (Å²) in [7, 11) is 0. The molecular formula is C15H25NO. The van der Waals surface area contributed by atoms with Gasteiger partial charge in [0, 0.05) is 6.61 Å². The van der Waals surface area contributed by atoms with Crippen LogP contribution < -0.4 is 5.32 Å². The van der Waals surface area contributed by atoms with Crippen molar-refractivity contribution in [3.05, 3.63) is 35.4 Å². The number of ether oxygens (including phenoxy) is 1. The van der Waals surface area contributed by atoms with Crippen LogP contribution in [0.4, 0.5) is 0 Å². The van der Waals surface area contributed by atoms with E-state index in [0.29, 0.717) is 12.0 Å². The maximum atomic E-state index is 5.73. The molecule has 17 heavy (non-hydrogen) atoms. The maximum absolute atomic E-state index is 5.73. The first-order valence-electron chi connectivity index (χ1n) is 6.51. The summed E-state index contributed by atoms with van der Waals surface area (Å²) in [5.74, 6) is 0.593. The van der Waals surface area contributed by atoms with Crippen LogP contribution in [0.2, 0.25) is 0 Å². The molecule has 1 aromatic carbocycles. The second-order valence-corrected chi connectivity index (χ2v) is 4.95. The van der Waals surface area contributed by atoms with Gasteiger partial charge in [0.2, 0.25) is 0 Å². The van der Waals surface area contributed by atoms with Crippen LogP contribution in [0, 0.1) is 12.8 Å². The fourth-order valence-electron chi connectivity index (χ4n) is 1.74. The molecule has 0 saturated carbocycles. The summed E-state index contributed by atoms with van der Waals surface area (Å²) in [5.41, 5.74) is 2.60. The van der Waals surface area contributed by atoms with Gasteiger partial charge in [-0.05, 0) is 24.9 Å². The summed E-state index contributed by atoms with van der Waals surface area (Å²) in [6.45, 7) is 11.1. The van der Waals surface area contributed by atoms with E-state index in [9.17, 15) is 0 Å². The third kappa shape index (κ3) is 5.33. The molecule has 0 bridgehead atoms. The molecule has 0 heterocycles. The zero-order valence-corrected chi connectivity index (χ0v) is 11.5. The van der Waals surface area contributed by atoms with Gasteiger partial charge < -0.3 is 10.1 Å². The third-order valence-electron chi connectivity index (χ3n) is 2.67. The quantitative estimate of drug-likeness (QED) is 0.783. The van der Waals surface area contributed by atoms with Crippen LogP contribution in [0.1, 0.15) is 37.9 Å². The van der Waals surface area contributed by atoms with Crippen LogP contribution in [-0.4, -0.2) is 19.8 Å². The summed E-state index contributed by atoms with van der Waals surface area (Å²) < 4.78 is 5.73. The Bertz CT molecular complexity index is 305. The predicted octanol–water partition coefficient (Wildman–Crippen LogP) is 3.32. The molecule has 0 spiro atoms. The molecule has 1 N–H and O–H groups in total. The molecule has 0 aliphatic heterocycles. The van der Waals surface area contributed by atoms with E-state index < -0.39 is 0 Å². The van der Waals surface area contributed by atoms with Gasteiger partial charge in [0.15, 0.2) is 0 Å². The van der Waals surface area contributed by atoms with E-state index in [0.717, 1.165) is 19.8 Å². The zero-order chi connectivity index (χ0) is 12.7. The molecule has 0 radical (unpaired) electrons. The van der Waals surface area contributed by atoms with Crippen LogP contribution in [0.3, 0.4) is 0 Å². The number of aryl methyl sites for hydroxylation is 1. The van der Waals surface area contributed by atoms with Crippen molar-refractivity contribution in [3.8, 4) is 0 Å². The first kappa shape index (κ1) is 14.2. The highest BCUT2D eigenvalue weighted by molar-refractivity contribution is 5.24. The molecule has 2 heteroatoms. The average molecular weight is 235 g/mol. The first-order valence-corrected chi connectivity index (χ1v) is 6.51. The van der Waals surface area contributed by atoms with Crippen molar-refractivity contribution in [3.63, 3.8) is 0 Å². The molecule has 96 valence electrons. The average Bonchev–Trinajstić information content (AvgIpc) is 2.29. The van der Waals surface area contributed by atoms with E-state index in [2.05, 4.69) is 57.3 Å². The number of likely N-dealkylation sites (N-methyl/N-ethyl adjacent to an activating group) is 1. The SMILES string of the molecule is CCNC(COCC(C)C)c1ccc(C)cc1. The Labute approximate surface area is 105 Å².